The Morgan fingerprint density at radius 3 is 2.62 bits per heavy atom. The van der Waals surface area contributed by atoms with E-state index in [1.165, 1.54) is 28.8 Å². The van der Waals surface area contributed by atoms with Crippen molar-refractivity contribution in [2.45, 2.75) is 23.7 Å². The molecule has 3 aromatic rings. The maximum absolute atomic E-state index is 13.3. The molecule has 0 N–H and O–H groups in total. The van der Waals surface area contributed by atoms with Crippen LogP contribution in [0.5, 0.6) is 0 Å². The third kappa shape index (κ3) is 3.15. The molecule has 1 aliphatic heterocycles. The Morgan fingerprint density at radius 2 is 1.92 bits per heavy atom. The van der Waals surface area contributed by atoms with Gasteiger partial charge in [0.2, 0.25) is 15.9 Å². The topological polar surface area (TPSA) is 89.4 Å². The molecule has 1 fully saturated rings. The minimum absolute atomic E-state index is 0.0230. The lowest BCUT2D eigenvalue weighted by Gasteiger charge is -2.29. The molecule has 0 atom stereocenters. The normalized spacial score (nSPS) is 16.8. The van der Waals surface area contributed by atoms with E-state index in [0.717, 1.165) is 6.07 Å². The predicted octanol–water partition coefficient (Wildman–Crippen LogP) is 3.04. The van der Waals surface area contributed by atoms with Crippen molar-refractivity contribution in [1.82, 2.24) is 14.5 Å². The van der Waals surface area contributed by atoms with E-state index < -0.39 is 15.8 Å². The number of piperidine rings is 1. The van der Waals surface area contributed by atoms with Crippen LogP contribution < -0.4 is 0 Å². The van der Waals surface area contributed by atoms with Gasteiger partial charge in [0.25, 0.3) is 5.89 Å². The van der Waals surface area contributed by atoms with Crippen LogP contribution in [0, 0.1) is 5.82 Å². The molecule has 0 bridgehead atoms. The second-order valence-electron chi connectivity index (χ2n) is 6.06. The van der Waals surface area contributed by atoms with E-state index in [0.29, 0.717) is 43.5 Å². The highest BCUT2D eigenvalue weighted by Crippen LogP contribution is 2.31. The molecule has 9 heteroatoms. The Morgan fingerprint density at radius 1 is 1.12 bits per heavy atom. The van der Waals surface area contributed by atoms with Crippen molar-refractivity contribution >= 4 is 10.0 Å². The number of hydrogen-bond acceptors (Lipinski definition) is 6. The minimum Gasteiger partial charge on any atom is -0.459 e. The summed E-state index contributed by atoms with van der Waals surface area (Å²) in [6.45, 7) is 0.615. The van der Waals surface area contributed by atoms with Gasteiger partial charge in [-0.1, -0.05) is 6.07 Å². The highest BCUT2D eigenvalue weighted by Gasteiger charge is 2.32. The molecule has 2 aromatic heterocycles. The highest BCUT2D eigenvalue weighted by atomic mass is 32.2. The molecule has 7 nitrogen and oxygen atoms in total. The van der Waals surface area contributed by atoms with E-state index in [4.69, 9.17) is 8.83 Å². The van der Waals surface area contributed by atoms with Crippen LogP contribution in [-0.4, -0.2) is 36.0 Å². The van der Waals surface area contributed by atoms with Gasteiger partial charge in [0.05, 0.1) is 11.2 Å². The van der Waals surface area contributed by atoms with Crippen LogP contribution in [0.15, 0.2) is 56.4 Å². The van der Waals surface area contributed by atoms with E-state index >= 15 is 0 Å². The van der Waals surface area contributed by atoms with E-state index in [1.54, 1.807) is 12.1 Å². The highest BCUT2D eigenvalue weighted by molar-refractivity contribution is 7.89. The van der Waals surface area contributed by atoms with Crippen LogP contribution in [0.1, 0.15) is 24.7 Å². The summed E-state index contributed by atoms with van der Waals surface area (Å²) in [4.78, 5) is -0.0335. The van der Waals surface area contributed by atoms with Crippen LogP contribution in [0.2, 0.25) is 0 Å². The smallest absolute Gasteiger partial charge is 0.283 e. The number of benzene rings is 1. The third-order valence-electron chi connectivity index (χ3n) is 4.41. The van der Waals surface area contributed by atoms with Gasteiger partial charge >= 0.3 is 0 Å². The summed E-state index contributed by atoms with van der Waals surface area (Å²) in [5.41, 5.74) is 0. The van der Waals surface area contributed by atoms with Gasteiger partial charge < -0.3 is 8.83 Å². The van der Waals surface area contributed by atoms with E-state index in [1.807, 2.05) is 0 Å². The van der Waals surface area contributed by atoms with Gasteiger partial charge in [-0.05, 0) is 43.2 Å². The van der Waals surface area contributed by atoms with Gasteiger partial charge in [-0.15, -0.1) is 10.2 Å². The third-order valence-corrected chi connectivity index (χ3v) is 6.30. The largest absolute Gasteiger partial charge is 0.459 e. The van der Waals surface area contributed by atoms with E-state index in [2.05, 4.69) is 10.2 Å². The molecule has 0 amide bonds. The van der Waals surface area contributed by atoms with E-state index in [9.17, 15) is 12.8 Å². The molecule has 0 saturated carbocycles. The molecule has 0 unspecified atom stereocenters. The van der Waals surface area contributed by atoms with Crippen molar-refractivity contribution in [1.29, 1.82) is 0 Å². The molecule has 0 radical (unpaired) electrons. The number of nitrogens with zero attached hydrogens (tertiary/aromatic N) is 3. The number of hydrogen-bond donors (Lipinski definition) is 0. The number of furan rings is 1. The summed E-state index contributed by atoms with van der Waals surface area (Å²) >= 11 is 0. The first-order chi connectivity index (χ1) is 12.5. The first-order valence-electron chi connectivity index (χ1n) is 8.17. The van der Waals surface area contributed by atoms with Crippen molar-refractivity contribution in [2.75, 3.05) is 13.1 Å². The molecule has 4 rings (SSSR count). The zero-order valence-corrected chi connectivity index (χ0v) is 14.5. The fourth-order valence-electron chi connectivity index (χ4n) is 3.02. The van der Waals surface area contributed by atoms with Gasteiger partial charge in [-0.3, -0.25) is 0 Å². The SMILES string of the molecule is O=S(=O)(c1cccc(F)c1)N1CCC(c2nnc(-c3ccco3)o2)CC1. The molecule has 1 aromatic carbocycles. The van der Waals surface area contributed by atoms with E-state index in [-0.39, 0.29) is 10.8 Å². The molecule has 0 spiro atoms. The second kappa shape index (κ2) is 6.65. The van der Waals surface area contributed by atoms with Crippen molar-refractivity contribution in [3.63, 3.8) is 0 Å². The first kappa shape index (κ1) is 16.9. The average molecular weight is 377 g/mol. The monoisotopic (exact) mass is 377 g/mol. The predicted molar refractivity (Wildman–Crippen MR) is 89.1 cm³/mol. The van der Waals surface area contributed by atoms with Crippen LogP contribution in [0.3, 0.4) is 0 Å². The van der Waals surface area contributed by atoms with Gasteiger partial charge in [-0.25, -0.2) is 12.8 Å². The molecule has 0 aliphatic carbocycles. The summed E-state index contributed by atoms with van der Waals surface area (Å²) in [6.07, 6.45) is 2.62. The minimum atomic E-state index is -3.71. The summed E-state index contributed by atoms with van der Waals surface area (Å²) < 4.78 is 50.9. The lowest BCUT2D eigenvalue weighted by molar-refractivity contribution is 0.290. The Hall–Kier alpha value is -2.52. The summed E-state index contributed by atoms with van der Waals surface area (Å²) in [5, 5.41) is 8.03. The Bertz CT molecular complexity index is 993. The lowest BCUT2D eigenvalue weighted by atomic mass is 9.98. The van der Waals surface area contributed by atoms with Gasteiger partial charge in [0, 0.05) is 19.0 Å². The van der Waals surface area contributed by atoms with Crippen molar-refractivity contribution < 1.29 is 21.6 Å². The average Bonchev–Trinajstić information content (AvgIpc) is 3.33. The maximum Gasteiger partial charge on any atom is 0.283 e. The summed E-state index contributed by atoms with van der Waals surface area (Å²) in [7, 11) is -3.71. The second-order valence-corrected chi connectivity index (χ2v) is 8.00. The fourth-order valence-corrected chi connectivity index (χ4v) is 4.52. The van der Waals surface area contributed by atoms with Crippen molar-refractivity contribution in [3.05, 3.63) is 54.4 Å². The Labute approximate surface area is 149 Å². The van der Waals surface area contributed by atoms with Gasteiger partial charge in [-0.2, -0.15) is 4.31 Å². The summed E-state index contributed by atoms with van der Waals surface area (Å²) in [5.74, 6) is 0.677. The first-order valence-corrected chi connectivity index (χ1v) is 9.61. The number of sulfonamides is 1. The van der Waals surface area contributed by atoms with Crippen LogP contribution in [0.4, 0.5) is 4.39 Å². The number of aromatic nitrogens is 2. The van der Waals surface area contributed by atoms with Crippen LogP contribution in [-0.2, 0) is 10.0 Å². The van der Waals surface area contributed by atoms with Crippen molar-refractivity contribution in [3.8, 4) is 11.7 Å². The fraction of sp³-hybridized carbons (Fsp3) is 0.294. The number of halogens is 1. The maximum atomic E-state index is 13.3. The quantitative estimate of drug-likeness (QED) is 0.694. The number of rotatable bonds is 4. The molecular weight excluding hydrogens is 361 g/mol. The van der Waals surface area contributed by atoms with Crippen molar-refractivity contribution in [2.24, 2.45) is 0 Å². The molecule has 136 valence electrons. The molecular formula is C17H16FN3O4S. The molecule has 3 heterocycles. The lowest BCUT2D eigenvalue weighted by Crippen LogP contribution is -2.38. The van der Waals surface area contributed by atoms with Crippen LogP contribution in [0.25, 0.3) is 11.7 Å². The Kier molecular flexibility index (Phi) is 4.33. The standard InChI is InChI=1S/C17H16FN3O4S/c18-13-3-1-4-14(11-13)26(22,23)21-8-6-12(7-9-21)16-19-20-17(25-16)15-5-2-10-24-15/h1-5,10-12H,6-9H2. The Balaban J connectivity index is 1.46. The zero-order valence-electron chi connectivity index (χ0n) is 13.7. The molecule has 26 heavy (non-hydrogen) atoms. The molecule has 1 saturated heterocycles. The van der Waals surface area contributed by atoms with Gasteiger partial charge in [0.15, 0.2) is 5.76 Å². The zero-order chi connectivity index (χ0) is 18.1. The van der Waals surface area contributed by atoms with Gasteiger partial charge in [0.1, 0.15) is 5.82 Å². The van der Waals surface area contributed by atoms with Crippen LogP contribution >= 0.6 is 0 Å². The summed E-state index contributed by atoms with van der Waals surface area (Å²) in [6, 6.07) is 8.51. The molecule has 1 aliphatic rings.